The monoisotopic (exact) mass is 330 g/mol. The molecule has 0 amide bonds. The molecule has 21 heavy (non-hydrogen) atoms. The average Bonchev–Trinajstić information content (AvgIpc) is 2.84. The van der Waals surface area contributed by atoms with Crippen LogP contribution >= 0.6 is 11.8 Å². The number of benzene rings is 1. The van der Waals surface area contributed by atoms with E-state index in [0.29, 0.717) is 11.0 Å². The lowest BCUT2D eigenvalue weighted by atomic mass is 10.2. The number of hydrogen-bond donors (Lipinski definition) is 1. The number of carboxylic acids is 1. The van der Waals surface area contributed by atoms with E-state index in [2.05, 4.69) is 0 Å². The molecule has 0 bridgehead atoms. The molecule has 0 aromatic heterocycles. The van der Waals surface area contributed by atoms with Crippen LogP contribution in [0.2, 0.25) is 0 Å². The Morgan fingerprint density at radius 1 is 1.38 bits per heavy atom. The van der Waals surface area contributed by atoms with Gasteiger partial charge in [-0.15, -0.1) is 0 Å². The van der Waals surface area contributed by atoms with Gasteiger partial charge < -0.3 is 9.84 Å². The Morgan fingerprint density at radius 3 is 2.57 bits per heavy atom. The molecule has 0 aliphatic carbocycles. The van der Waals surface area contributed by atoms with Crippen LogP contribution < -0.4 is 0 Å². The van der Waals surface area contributed by atoms with Crippen molar-refractivity contribution in [2.45, 2.75) is 29.6 Å². The Kier molecular flexibility index (Phi) is 5.29. The molecule has 1 aromatic carbocycles. The number of sulfone groups is 1. The molecule has 116 valence electrons. The number of rotatable bonds is 6. The predicted octanol–water partition coefficient (Wildman–Crippen LogP) is 2.07. The molecule has 1 aliphatic rings. The van der Waals surface area contributed by atoms with Crippen LogP contribution in [0.25, 0.3) is 0 Å². The van der Waals surface area contributed by atoms with Gasteiger partial charge in [0, 0.05) is 17.6 Å². The quantitative estimate of drug-likeness (QED) is 0.860. The standard InChI is InChI=1S/C14H18O5S2/c1-10-13(6-7-19-10)20-8-9-21(17,18)12-4-2-11(3-5-12)14(15)16/h2-5,10,13H,6-9H2,1H3,(H,15,16). The van der Waals surface area contributed by atoms with E-state index in [1.54, 1.807) is 11.8 Å². The van der Waals surface area contributed by atoms with E-state index >= 15 is 0 Å². The number of carbonyl (C=O) groups is 1. The lowest BCUT2D eigenvalue weighted by molar-refractivity contribution is 0.0696. The zero-order valence-corrected chi connectivity index (χ0v) is 13.3. The van der Waals surface area contributed by atoms with Crippen molar-refractivity contribution < 1.29 is 23.1 Å². The first-order valence-corrected chi connectivity index (χ1v) is 9.39. The number of ether oxygens (including phenoxy) is 1. The maximum Gasteiger partial charge on any atom is 0.335 e. The summed E-state index contributed by atoms with van der Waals surface area (Å²) >= 11 is 1.62. The van der Waals surface area contributed by atoms with Crippen LogP contribution in [-0.2, 0) is 14.6 Å². The van der Waals surface area contributed by atoms with Gasteiger partial charge in [0.2, 0.25) is 0 Å². The van der Waals surface area contributed by atoms with E-state index in [-0.39, 0.29) is 22.3 Å². The van der Waals surface area contributed by atoms with Crippen LogP contribution in [0.15, 0.2) is 29.2 Å². The lowest BCUT2D eigenvalue weighted by Gasteiger charge is -2.13. The van der Waals surface area contributed by atoms with Crippen molar-refractivity contribution in [3.8, 4) is 0 Å². The van der Waals surface area contributed by atoms with Crippen molar-refractivity contribution in [1.82, 2.24) is 0 Å². The molecular weight excluding hydrogens is 312 g/mol. The number of carboxylic acid groups (broad SMARTS) is 1. The van der Waals surface area contributed by atoms with E-state index in [1.807, 2.05) is 6.92 Å². The summed E-state index contributed by atoms with van der Waals surface area (Å²) < 4.78 is 29.8. The maximum atomic E-state index is 12.2. The fourth-order valence-electron chi connectivity index (χ4n) is 2.16. The molecule has 5 nitrogen and oxygen atoms in total. The number of aromatic carboxylic acids is 1. The summed E-state index contributed by atoms with van der Waals surface area (Å²) in [7, 11) is -3.37. The molecule has 2 unspecified atom stereocenters. The minimum atomic E-state index is -3.37. The highest BCUT2D eigenvalue weighted by Crippen LogP contribution is 2.26. The van der Waals surface area contributed by atoms with Crippen LogP contribution in [0, 0.1) is 0 Å². The average molecular weight is 330 g/mol. The molecule has 1 aliphatic heterocycles. The highest BCUT2D eigenvalue weighted by Gasteiger charge is 2.25. The Morgan fingerprint density at radius 2 is 2.05 bits per heavy atom. The van der Waals surface area contributed by atoms with Gasteiger partial charge in [-0.2, -0.15) is 11.8 Å². The van der Waals surface area contributed by atoms with Gasteiger partial charge in [0.05, 0.1) is 22.3 Å². The lowest BCUT2D eigenvalue weighted by Crippen LogP contribution is -2.16. The first-order valence-electron chi connectivity index (χ1n) is 6.69. The normalized spacial score (nSPS) is 22.3. The van der Waals surface area contributed by atoms with E-state index < -0.39 is 15.8 Å². The first kappa shape index (κ1) is 16.3. The summed E-state index contributed by atoms with van der Waals surface area (Å²) in [6, 6.07) is 5.33. The van der Waals surface area contributed by atoms with Crippen molar-refractivity contribution in [2.24, 2.45) is 0 Å². The fourth-order valence-corrected chi connectivity index (χ4v) is 5.13. The summed E-state index contributed by atoms with van der Waals surface area (Å²) in [5.74, 6) is -0.501. The third kappa shape index (κ3) is 4.21. The molecular formula is C14H18O5S2. The second kappa shape index (κ2) is 6.81. The molecule has 1 heterocycles. The molecule has 7 heteroatoms. The largest absolute Gasteiger partial charge is 0.478 e. The molecule has 1 aromatic rings. The summed E-state index contributed by atoms with van der Waals surface area (Å²) in [5, 5.41) is 9.16. The van der Waals surface area contributed by atoms with Crippen LogP contribution in [0.1, 0.15) is 23.7 Å². The number of thioether (sulfide) groups is 1. The molecule has 1 fully saturated rings. The van der Waals surface area contributed by atoms with Crippen molar-refractivity contribution in [2.75, 3.05) is 18.1 Å². The topological polar surface area (TPSA) is 80.7 Å². The molecule has 0 spiro atoms. The van der Waals surface area contributed by atoms with Crippen LogP contribution in [0.3, 0.4) is 0 Å². The molecule has 1 N–H and O–H groups in total. The van der Waals surface area contributed by atoms with Crippen LogP contribution in [0.4, 0.5) is 0 Å². The minimum Gasteiger partial charge on any atom is -0.478 e. The van der Waals surface area contributed by atoms with Gasteiger partial charge in [-0.25, -0.2) is 13.2 Å². The SMILES string of the molecule is CC1OCCC1SCCS(=O)(=O)c1ccc(C(=O)O)cc1. The van der Waals surface area contributed by atoms with Gasteiger partial charge in [-0.05, 0) is 37.6 Å². The van der Waals surface area contributed by atoms with Gasteiger partial charge in [0.1, 0.15) is 0 Å². The highest BCUT2D eigenvalue weighted by molar-refractivity contribution is 8.01. The van der Waals surface area contributed by atoms with Gasteiger partial charge in [0.25, 0.3) is 0 Å². The summed E-state index contributed by atoms with van der Waals surface area (Å²) in [5.41, 5.74) is 0.0836. The maximum absolute atomic E-state index is 12.2. The van der Waals surface area contributed by atoms with Gasteiger partial charge in [-0.3, -0.25) is 0 Å². The first-order chi connectivity index (χ1) is 9.90. The second-order valence-electron chi connectivity index (χ2n) is 4.92. The highest BCUT2D eigenvalue weighted by atomic mass is 32.2. The van der Waals surface area contributed by atoms with Crippen LogP contribution in [-0.4, -0.2) is 49.0 Å². The minimum absolute atomic E-state index is 0.0489. The van der Waals surface area contributed by atoms with E-state index in [4.69, 9.17) is 9.84 Å². The van der Waals surface area contributed by atoms with Crippen molar-refractivity contribution in [1.29, 1.82) is 0 Å². The zero-order valence-electron chi connectivity index (χ0n) is 11.7. The van der Waals surface area contributed by atoms with E-state index in [9.17, 15) is 13.2 Å². The summed E-state index contributed by atoms with van der Waals surface area (Å²) in [6.07, 6.45) is 1.13. The molecule has 0 saturated carbocycles. The Balaban J connectivity index is 1.93. The second-order valence-corrected chi connectivity index (χ2v) is 8.38. The Labute approximate surface area is 128 Å². The predicted molar refractivity (Wildman–Crippen MR) is 81.7 cm³/mol. The van der Waals surface area contributed by atoms with E-state index in [0.717, 1.165) is 13.0 Å². The fraction of sp³-hybridized carbons (Fsp3) is 0.500. The van der Waals surface area contributed by atoms with Crippen molar-refractivity contribution in [3.63, 3.8) is 0 Å². The van der Waals surface area contributed by atoms with Gasteiger partial charge in [-0.1, -0.05) is 0 Å². The number of hydrogen-bond acceptors (Lipinski definition) is 5. The zero-order chi connectivity index (χ0) is 15.5. The van der Waals surface area contributed by atoms with Crippen molar-refractivity contribution in [3.05, 3.63) is 29.8 Å². The summed E-state index contributed by atoms with van der Waals surface area (Å²) in [4.78, 5) is 10.9. The van der Waals surface area contributed by atoms with Gasteiger partial charge in [0.15, 0.2) is 9.84 Å². The van der Waals surface area contributed by atoms with Crippen LogP contribution in [0.5, 0.6) is 0 Å². The Hall–Kier alpha value is -1.05. The van der Waals surface area contributed by atoms with Gasteiger partial charge >= 0.3 is 5.97 Å². The molecule has 1 saturated heterocycles. The van der Waals surface area contributed by atoms with E-state index in [1.165, 1.54) is 24.3 Å². The van der Waals surface area contributed by atoms with Crippen molar-refractivity contribution >= 4 is 27.6 Å². The Bertz CT molecular complexity index is 594. The smallest absolute Gasteiger partial charge is 0.335 e. The summed E-state index contributed by atoms with van der Waals surface area (Å²) in [6.45, 7) is 2.74. The molecule has 0 radical (unpaired) electrons. The molecule has 2 atom stereocenters. The third-order valence-corrected chi connectivity index (χ3v) is 6.93. The molecule has 2 rings (SSSR count). The third-order valence-electron chi connectivity index (χ3n) is 3.45.